The third kappa shape index (κ3) is 50.1. The smallest absolute Gasteiger partial charge is 0.327 e. The van der Waals surface area contributed by atoms with Crippen molar-refractivity contribution < 1.29 is 67.1 Å². The van der Waals surface area contributed by atoms with E-state index in [0.717, 1.165) is 5.75 Å². The number of ether oxygens (including phenoxy) is 6. The second-order valence-corrected chi connectivity index (χ2v) is 21.6. The zero-order chi connectivity index (χ0) is 53.2. The molecule has 0 aromatic rings. The van der Waals surface area contributed by atoms with E-state index in [9.17, 15) is 33.6 Å². The van der Waals surface area contributed by atoms with E-state index in [0.29, 0.717) is 127 Å². The minimum Gasteiger partial charge on any atom is -0.480 e. The molecule has 0 aromatic carbocycles. The van der Waals surface area contributed by atoms with Crippen molar-refractivity contribution in [3.8, 4) is 0 Å². The van der Waals surface area contributed by atoms with Crippen molar-refractivity contribution in [2.45, 2.75) is 164 Å². The van der Waals surface area contributed by atoms with Gasteiger partial charge in [-0.05, 0) is 30.3 Å². The van der Waals surface area contributed by atoms with Crippen LogP contribution in [0.2, 0.25) is 0 Å². The summed E-state index contributed by atoms with van der Waals surface area (Å²) in [6.45, 7) is 32.3. The summed E-state index contributed by atoms with van der Waals surface area (Å²) >= 11 is 3.35. The number of hydrogen-bond acceptors (Lipinski definition) is 15. The first-order chi connectivity index (χ1) is 32.4. The van der Waals surface area contributed by atoms with Gasteiger partial charge >= 0.3 is 5.97 Å². The number of Topliss-reactive ketones (excluding diaryl/α,β-unsaturated/α-hetero) is 3. The minimum absolute atomic E-state index is 0.00144. The summed E-state index contributed by atoms with van der Waals surface area (Å²) in [5.74, 6) is 1.08. The fourth-order valence-corrected chi connectivity index (χ4v) is 6.81. The molecule has 406 valence electrons. The van der Waals surface area contributed by atoms with Crippen LogP contribution in [-0.2, 0) is 62.0 Å². The molecule has 0 bridgehead atoms. The molecule has 2 unspecified atom stereocenters. The number of ketones is 3. The van der Waals surface area contributed by atoms with E-state index in [4.69, 9.17) is 33.5 Å². The Labute approximate surface area is 424 Å². The maximum absolute atomic E-state index is 12.0. The Kier molecular flexibility index (Phi) is 47.5. The average molecular weight is 1030 g/mol. The lowest BCUT2D eigenvalue weighted by molar-refractivity contribution is -0.141. The first kappa shape index (κ1) is 70.6. The second-order valence-electron chi connectivity index (χ2n) is 18.4. The van der Waals surface area contributed by atoms with Crippen LogP contribution in [0.25, 0.3) is 0 Å². The van der Waals surface area contributed by atoms with Gasteiger partial charge in [0.1, 0.15) is 23.4 Å². The molecule has 0 rings (SSSR count). The van der Waals surface area contributed by atoms with Crippen molar-refractivity contribution in [3.63, 3.8) is 0 Å². The molecule has 3 amide bonds. The molecule has 0 aromatic heterocycles. The number of carboxylic acids is 1. The minimum atomic E-state index is -1.04. The second kappa shape index (κ2) is 46.4. The van der Waals surface area contributed by atoms with Gasteiger partial charge in [-0.3, -0.25) is 28.8 Å². The van der Waals surface area contributed by atoms with E-state index in [1.807, 2.05) is 81.0 Å². The Balaban J connectivity index is -0.000000958. The van der Waals surface area contributed by atoms with Crippen LogP contribution < -0.4 is 16.0 Å². The van der Waals surface area contributed by atoms with E-state index in [-0.39, 0.29) is 77.9 Å². The zero-order valence-corrected chi connectivity index (χ0v) is 46.5. The van der Waals surface area contributed by atoms with E-state index in [1.54, 1.807) is 0 Å². The first-order valence-electron chi connectivity index (χ1n) is 24.8. The van der Waals surface area contributed by atoms with Crippen LogP contribution >= 0.6 is 23.5 Å². The number of aliphatic carboxylic acids is 1. The first-order valence-corrected chi connectivity index (χ1v) is 26.9. The van der Waals surface area contributed by atoms with Gasteiger partial charge in [-0.1, -0.05) is 83.1 Å². The molecule has 4 N–H and O–H groups in total. The molecule has 17 nitrogen and oxygen atoms in total. The lowest BCUT2D eigenvalue weighted by atomic mass is 10.1. The van der Waals surface area contributed by atoms with E-state index in [2.05, 4.69) is 43.6 Å². The van der Waals surface area contributed by atoms with Crippen LogP contribution in [-0.4, -0.2) is 166 Å². The monoisotopic (exact) mass is 1030 g/mol. The Hall–Kier alpha value is -2.65. The quantitative estimate of drug-likeness (QED) is 0.0473. The van der Waals surface area contributed by atoms with E-state index in [1.165, 1.54) is 11.8 Å². The summed E-state index contributed by atoms with van der Waals surface area (Å²) in [4.78, 5) is 80.2. The molecular formula is C50H95N3O14S2. The van der Waals surface area contributed by atoms with Crippen molar-refractivity contribution in [1.29, 1.82) is 0 Å². The van der Waals surface area contributed by atoms with Crippen molar-refractivity contribution >= 4 is 64.6 Å². The van der Waals surface area contributed by atoms with E-state index >= 15 is 0 Å². The highest BCUT2D eigenvalue weighted by molar-refractivity contribution is 8.00. The largest absolute Gasteiger partial charge is 0.480 e. The van der Waals surface area contributed by atoms with Crippen LogP contribution in [0, 0.1) is 23.7 Å². The van der Waals surface area contributed by atoms with Crippen LogP contribution in [0.3, 0.4) is 0 Å². The fourth-order valence-electron chi connectivity index (χ4n) is 4.94. The van der Waals surface area contributed by atoms with E-state index < -0.39 is 12.0 Å². The Morgan fingerprint density at radius 1 is 0.391 bits per heavy atom. The predicted octanol–water partition coefficient (Wildman–Crippen LogP) is 6.59. The highest BCUT2D eigenvalue weighted by atomic mass is 32.2. The molecule has 0 radical (unpaired) electrons. The van der Waals surface area contributed by atoms with Crippen molar-refractivity contribution in [3.05, 3.63) is 0 Å². The number of carbonyl (C=O) groups is 7. The molecule has 0 fully saturated rings. The maximum Gasteiger partial charge on any atom is 0.327 e. The maximum atomic E-state index is 12.0. The number of amides is 3. The van der Waals surface area contributed by atoms with Crippen LogP contribution in [0.15, 0.2) is 0 Å². The molecule has 0 heterocycles. The highest BCUT2D eigenvalue weighted by Gasteiger charge is 2.20. The molecule has 19 heteroatoms. The normalized spacial score (nSPS) is 12.2. The van der Waals surface area contributed by atoms with Gasteiger partial charge in [0.15, 0.2) is 0 Å². The van der Waals surface area contributed by atoms with Gasteiger partial charge < -0.3 is 49.5 Å². The summed E-state index contributed by atoms with van der Waals surface area (Å²) in [6.07, 6.45) is 2.12. The Bertz CT molecular complexity index is 1370. The molecule has 0 aliphatic rings. The number of hydrogen-bond donors (Lipinski definition) is 4. The van der Waals surface area contributed by atoms with Gasteiger partial charge in [0, 0.05) is 79.9 Å². The SMILES string of the molecule is CC(C)NC(=O)CCOCCOCCC(=O)C(C)C.CC(C)SCC(NC(=O)CCOCCOCCC(=O)C(C)C)C(=O)O.CC(C)SCC(NC(=O)CCOCCOCCC(=O)C(C)C)C(C)C. The van der Waals surface area contributed by atoms with Crippen molar-refractivity contribution in [2.24, 2.45) is 23.7 Å². The summed E-state index contributed by atoms with van der Waals surface area (Å²) in [5, 5.41) is 18.4. The molecule has 0 aliphatic carbocycles. The van der Waals surface area contributed by atoms with Gasteiger partial charge in [-0.15, -0.1) is 0 Å². The number of rotatable bonds is 41. The summed E-state index contributed by atoms with van der Waals surface area (Å²) in [7, 11) is 0. The number of carbonyl (C=O) groups excluding carboxylic acids is 6. The molecule has 69 heavy (non-hydrogen) atoms. The number of carboxylic acid groups (broad SMARTS) is 1. The van der Waals surface area contributed by atoms with Crippen molar-refractivity contribution in [1.82, 2.24) is 16.0 Å². The molecular weight excluding hydrogens is 931 g/mol. The molecule has 0 aliphatic heterocycles. The topological polar surface area (TPSA) is 231 Å². The lowest BCUT2D eigenvalue weighted by Gasteiger charge is -2.23. The highest BCUT2D eigenvalue weighted by Crippen LogP contribution is 2.15. The van der Waals surface area contributed by atoms with Gasteiger partial charge in [0.05, 0.1) is 79.3 Å². The van der Waals surface area contributed by atoms with Gasteiger partial charge in [-0.25, -0.2) is 4.79 Å². The Morgan fingerprint density at radius 3 is 0.957 bits per heavy atom. The lowest BCUT2D eigenvalue weighted by Crippen LogP contribution is -2.43. The number of nitrogens with one attached hydrogen (secondary N) is 3. The van der Waals surface area contributed by atoms with Crippen LogP contribution in [0.5, 0.6) is 0 Å². The average Bonchev–Trinajstić information content (AvgIpc) is 3.25. The van der Waals surface area contributed by atoms with Crippen molar-refractivity contribution in [2.75, 3.05) is 90.8 Å². The fraction of sp³-hybridized carbons (Fsp3) is 0.860. The molecule has 0 saturated carbocycles. The third-order valence-electron chi connectivity index (χ3n) is 9.39. The standard InChI is InChI=1S/C19H37NO4S.C17H31NO6S.C14H27NO4/c1-14(2)17(13-25-16(5)6)20-19(22)8-10-24-12-11-23-9-7-18(21)15(3)4;1-12(2)15(19)5-7-23-9-10-24-8-6-16(20)18-14(17(21)22)11-25-13(3)4;1-11(2)13(16)5-7-18-9-10-19-8-6-14(17)15-12(3)4/h14-17H,7-13H2,1-6H3,(H,20,22);12-14H,5-11H2,1-4H3,(H,18,20)(H,21,22);11-12H,5-10H2,1-4H3,(H,15,17). The van der Waals surface area contributed by atoms with Gasteiger partial charge in [0.25, 0.3) is 0 Å². The van der Waals surface area contributed by atoms with Crippen LogP contribution in [0.4, 0.5) is 0 Å². The number of thioether (sulfide) groups is 2. The summed E-state index contributed by atoms with van der Waals surface area (Å²) < 4.78 is 31.9. The zero-order valence-electron chi connectivity index (χ0n) is 44.9. The van der Waals surface area contributed by atoms with Gasteiger partial charge in [-0.2, -0.15) is 23.5 Å². The molecule has 0 spiro atoms. The summed E-state index contributed by atoms with van der Waals surface area (Å²) in [6, 6.07) is -0.530. The van der Waals surface area contributed by atoms with Crippen LogP contribution in [0.1, 0.15) is 135 Å². The summed E-state index contributed by atoms with van der Waals surface area (Å²) in [5.41, 5.74) is 0. The van der Waals surface area contributed by atoms with Gasteiger partial charge in [0.2, 0.25) is 17.7 Å². The Morgan fingerprint density at radius 2 is 0.681 bits per heavy atom. The predicted molar refractivity (Wildman–Crippen MR) is 277 cm³/mol. The molecule has 0 saturated heterocycles. The molecule has 2 atom stereocenters. The third-order valence-corrected chi connectivity index (χ3v) is 11.8.